The molecule has 1 aromatic carbocycles. The van der Waals surface area contributed by atoms with Crippen LogP contribution in [0, 0.1) is 6.92 Å². The second kappa shape index (κ2) is 9.99. The lowest BCUT2D eigenvalue weighted by atomic mass is 9.94. The second-order valence-electron chi connectivity index (χ2n) is 8.41. The van der Waals surface area contributed by atoms with Crippen LogP contribution < -0.4 is 16.7 Å². The third-order valence-electron chi connectivity index (χ3n) is 5.93. The largest absolute Gasteiger partial charge is 0.390 e. The number of hydrogen-bond donors (Lipinski definition) is 4. The van der Waals surface area contributed by atoms with Gasteiger partial charge in [0.25, 0.3) is 5.91 Å². The minimum absolute atomic E-state index is 0.0503. The quantitative estimate of drug-likeness (QED) is 0.478. The Kier molecular flexibility index (Phi) is 7.59. The van der Waals surface area contributed by atoms with Crippen LogP contribution in [-0.4, -0.2) is 50.0 Å². The zero-order chi connectivity index (χ0) is 22.6. The van der Waals surface area contributed by atoms with E-state index in [1.54, 1.807) is 31.3 Å². The van der Waals surface area contributed by atoms with E-state index in [4.69, 9.17) is 17.3 Å². The molecule has 0 saturated heterocycles. The lowest BCUT2D eigenvalue weighted by molar-refractivity contribution is 0.0246. The van der Waals surface area contributed by atoms with Crippen LogP contribution in [0.1, 0.15) is 54.6 Å². The Bertz CT molecular complexity index is 976. The lowest BCUT2D eigenvalue weighted by Gasteiger charge is -2.26. The van der Waals surface area contributed by atoms with Gasteiger partial charge >= 0.3 is 5.69 Å². The molecule has 0 bridgehead atoms. The van der Waals surface area contributed by atoms with E-state index in [2.05, 4.69) is 5.32 Å². The fraction of sp³-hybridized carbons (Fsp3) is 0.545. The summed E-state index contributed by atoms with van der Waals surface area (Å²) in [7, 11) is 0. The minimum Gasteiger partial charge on any atom is -0.390 e. The Morgan fingerprint density at radius 3 is 2.61 bits per heavy atom. The number of rotatable bonds is 7. The van der Waals surface area contributed by atoms with E-state index in [0.717, 1.165) is 25.7 Å². The molecular formula is C22H31ClN4O4. The molecule has 0 radical (unpaired) electrons. The van der Waals surface area contributed by atoms with Crippen LogP contribution in [0.15, 0.2) is 29.2 Å². The summed E-state index contributed by atoms with van der Waals surface area (Å²) in [6.45, 7) is 2.07. The first-order valence-electron chi connectivity index (χ1n) is 10.7. The number of hydrogen-bond acceptors (Lipinski definition) is 5. The van der Waals surface area contributed by atoms with E-state index < -0.39 is 17.6 Å². The van der Waals surface area contributed by atoms with Crippen molar-refractivity contribution in [1.29, 1.82) is 0 Å². The number of nitrogens with one attached hydrogen (secondary N) is 1. The number of nitrogens with zero attached hydrogens (tertiary/aromatic N) is 2. The van der Waals surface area contributed by atoms with E-state index in [9.17, 15) is 19.8 Å². The summed E-state index contributed by atoms with van der Waals surface area (Å²) in [4.78, 5) is 25.6. The first-order chi connectivity index (χ1) is 14.7. The Labute approximate surface area is 186 Å². The third kappa shape index (κ3) is 5.57. The SMILES string of the molecule is Cc1cn(-c2ccc(Cl)c(C(=O)NCC3(O)CCCCCC3)c2)c(=O)n1CC(O)CN. The van der Waals surface area contributed by atoms with Gasteiger partial charge in [0.1, 0.15) is 0 Å². The Morgan fingerprint density at radius 1 is 1.29 bits per heavy atom. The van der Waals surface area contributed by atoms with Crippen molar-refractivity contribution in [2.45, 2.75) is 63.7 Å². The normalized spacial score (nSPS) is 17.2. The molecule has 3 rings (SSSR count). The summed E-state index contributed by atoms with van der Waals surface area (Å²) in [6.07, 6.45) is 6.23. The van der Waals surface area contributed by atoms with Crippen LogP contribution in [0.3, 0.4) is 0 Å². The van der Waals surface area contributed by atoms with Gasteiger partial charge in [-0.2, -0.15) is 0 Å². The number of aryl methyl sites for hydroxylation is 1. The molecule has 1 aliphatic rings. The summed E-state index contributed by atoms with van der Waals surface area (Å²) in [5, 5.41) is 23.7. The molecule has 31 heavy (non-hydrogen) atoms. The van der Waals surface area contributed by atoms with Crippen molar-refractivity contribution in [2.75, 3.05) is 13.1 Å². The van der Waals surface area contributed by atoms with Gasteiger partial charge in [-0.1, -0.05) is 37.3 Å². The Morgan fingerprint density at radius 2 is 1.97 bits per heavy atom. The molecule has 0 spiro atoms. The van der Waals surface area contributed by atoms with Crippen LogP contribution in [-0.2, 0) is 6.54 Å². The first kappa shape index (κ1) is 23.5. The maximum Gasteiger partial charge on any atom is 0.333 e. The number of aliphatic hydroxyl groups is 2. The van der Waals surface area contributed by atoms with E-state index in [1.165, 1.54) is 9.13 Å². The van der Waals surface area contributed by atoms with Crippen LogP contribution in [0.25, 0.3) is 5.69 Å². The smallest absolute Gasteiger partial charge is 0.333 e. The van der Waals surface area contributed by atoms with Gasteiger partial charge in [0.2, 0.25) is 0 Å². The van der Waals surface area contributed by atoms with E-state index in [0.29, 0.717) is 24.2 Å². The summed E-state index contributed by atoms with van der Waals surface area (Å²) < 4.78 is 2.85. The highest BCUT2D eigenvalue weighted by Crippen LogP contribution is 2.27. The fourth-order valence-corrected chi connectivity index (χ4v) is 4.23. The molecule has 1 unspecified atom stereocenters. The van der Waals surface area contributed by atoms with Gasteiger partial charge in [-0.25, -0.2) is 4.79 Å². The molecule has 1 aliphatic carbocycles. The van der Waals surface area contributed by atoms with Gasteiger partial charge in [-0.05, 0) is 38.0 Å². The average Bonchev–Trinajstić information content (AvgIpc) is 2.91. The summed E-state index contributed by atoms with van der Waals surface area (Å²) in [5.41, 5.74) is 5.60. The van der Waals surface area contributed by atoms with E-state index in [-0.39, 0.29) is 35.9 Å². The number of carbonyl (C=O) groups excluding carboxylic acids is 1. The molecule has 1 aromatic heterocycles. The second-order valence-corrected chi connectivity index (χ2v) is 8.82. The molecule has 8 nitrogen and oxygen atoms in total. The molecular weight excluding hydrogens is 420 g/mol. The van der Waals surface area contributed by atoms with Crippen molar-refractivity contribution in [3.63, 3.8) is 0 Å². The highest BCUT2D eigenvalue weighted by molar-refractivity contribution is 6.33. The van der Waals surface area contributed by atoms with Crippen molar-refractivity contribution in [2.24, 2.45) is 5.73 Å². The Hall–Kier alpha value is -2.13. The summed E-state index contributed by atoms with van der Waals surface area (Å²) in [5.74, 6) is -0.396. The van der Waals surface area contributed by atoms with Crippen LogP contribution in [0.2, 0.25) is 5.02 Å². The van der Waals surface area contributed by atoms with Gasteiger partial charge in [-0.15, -0.1) is 0 Å². The predicted octanol–water partition coefficient (Wildman–Crippen LogP) is 1.74. The van der Waals surface area contributed by atoms with Gasteiger partial charge in [0.05, 0.1) is 34.5 Å². The van der Waals surface area contributed by atoms with E-state index in [1.807, 2.05) is 0 Å². The maximum absolute atomic E-state index is 12.8. The predicted molar refractivity (Wildman–Crippen MR) is 120 cm³/mol. The number of aliphatic hydroxyl groups excluding tert-OH is 1. The number of halogens is 1. The molecule has 5 N–H and O–H groups in total. The highest BCUT2D eigenvalue weighted by Gasteiger charge is 2.29. The number of nitrogens with two attached hydrogens (primary N) is 1. The van der Waals surface area contributed by atoms with Crippen molar-refractivity contribution in [3.05, 3.63) is 51.2 Å². The van der Waals surface area contributed by atoms with Crippen LogP contribution in [0.4, 0.5) is 0 Å². The first-order valence-corrected chi connectivity index (χ1v) is 11.1. The van der Waals surface area contributed by atoms with Crippen molar-refractivity contribution >= 4 is 17.5 Å². The van der Waals surface area contributed by atoms with Crippen molar-refractivity contribution < 1.29 is 15.0 Å². The lowest BCUT2D eigenvalue weighted by Crippen LogP contribution is -2.42. The summed E-state index contributed by atoms with van der Waals surface area (Å²) >= 11 is 6.26. The zero-order valence-electron chi connectivity index (χ0n) is 17.8. The van der Waals surface area contributed by atoms with Crippen LogP contribution in [0.5, 0.6) is 0 Å². The van der Waals surface area contributed by atoms with Crippen molar-refractivity contribution in [1.82, 2.24) is 14.5 Å². The number of imidazole rings is 1. The number of amides is 1. The fourth-order valence-electron chi connectivity index (χ4n) is 4.03. The van der Waals surface area contributed by atoms with Gasteiger partial charge < -0.3 is 21.3 Å². The van der Waals surface area contributed by atoms with Gasteiger partial charge in [-0.3, -0.25) is 13.9 Å². The van der Waals surface area contributed by atoms with Crippen molar-refractivity contribution in [3.8, 4) is 5.69 Å². The molecule has 1 saturated carbocycles. The molecule has 1 heterocycles. The van der Waals surface area contributed by atoms with E-state index >= 15 is 0 Å². The number of aromatic nitrogens is 2. The molecule has 0 aliphatic heterocycles. The minimum atomic E-state index is -0.897. The monoisotopic (exact) mass is 450 g/mol. The zero-order valence-corrected chi connectivity index (χ0v) is 18.6. The standard InChI is InChI=1S/C22H31ClN4O4/c1-15-12-27(21(30)26(15)13-17(28)11-24)16-6-7-19(23)18(10-16)20(29)25-14-22(31)8-4-2-3-5-9-22/h6-7,10,12,17,28,31H,2-5,8-9,11,13-14,24H2,1H3,(H,25,29). The highest BCUT2D eigenvalue weighted by atomic mass is 35.5. The molecule has 1 amide bonds. The average molecular weight is 451 g/mol. The number of benzene rings is 1. The van der Waals surface area contributed by atoms with Gasteiger partial charge in [0.15, 0.2) is 0 Å². The number of carbonyl (C=O) groups is 1. The van der Waals surface area contributed by atoms with Crippen LogP contribution >= 0.6 is 11.6 Å². The Balaban J connectivity index is 1.81. The van der Waals surface area contributed by atoms with Gasteiger partial charge in [0, 0.05) is 25.0 Å². The molecule has 1 fully saturated rings. The molecule has 1 atom stereocenters. The molecule has 170 valence electrons. The third-order valence-corrected chi connectivity index (χ3v) is 6.26. The summed E-state index contributed by atoms with van der Waals surface area (Å²) in [6, 6.07) is 4.78. The molecule has 9 heteroatoms. The molecule has 2 aromatic rings. The maximum atomic E-state index is 12.8. The topological polar surface area (TPSA) is 123 Å².